The van der Waals surface area contributed by atoms with E-state index in [0.29, 0.717) is 18.4 Å². The summed E-state index contributed by atoms with van der Waals surface area (Å²) in [6, 6.07) is 0. The molecule has 2 aliphatic heterocycles. The highest BCUT2D eigenvalue weighted by Gasteiger charge is 2.84. The zero-order valence-corrected chi connectivity index (χ0v) is 15.3. The van der Waals surface area contributed by atoms with Crippen molar-refractivity contribution in [3.8, 4) is 0 Å². The summed E-state index contributed by atoms with van der Waals surface area (Å²) in [5, 5.41) is 55.4. The van der Waals surface area contributed by atoms with Crippen LogP contribution >= 0.6 is 0 Å². The third-order valence-electron chi connectivity index (χ3n) is 9.10. The van der Waals surface area contributed by atoms with E-state index in [1.165, 1.54) is 0 Å². The van der Waals surface area contributed by atoms with Gasteiger partial charge in [-0.05, 0) is 42.6 Å². The number of aliphatic hydroxyl groups is 5. The van der Waals surface area contributed by atoms with Gasteiger partial charge in [0.15, 0.2) is 0 Å². The lowest BCUT2D eigenvalue weighted by atomic mass is 9.36. The molecule has 2 saturated heterocycles. The normalized spacial score (nSPS) is 63.5. The van der Waals surface area contributed by atoms with E-state index in [9.17, 15) is 25.5 Å². The topological polar surface area (TPSA) is 110 Å². The van der Waals surface area contributed by atoms with E-state index in [4.69, 9.17) is 4.74 Å². The highest BCUT2D eigenvalue weighted by Crippen LogP contribution is 2.77. The average molecular weight is 366 g/mol. The Morgan fingerprint density at radius 1 is 1.19 bits per heavy atom. The van der Waals surface area contributed by atoms with Crippen LogP contribution in [0.4, 0.5) is 0 Å². The maximum absolute atomic E-state index is 11.7. The second-order valence-corrected chi connectivity index (χ2v) is 10.0. The first-order chi connectivity index (χ1) is 12.2. The lowest BCUT2D eigenvalue weighted by Crippen LogP contribution is -2.83. The van der Waals surface area contributed by atoms with Crippen LogP contribution in [0.25, 0.3) is 0 Å². The molecule has 4 bridgehead atoms. The van der Waals surface area contributed by atoms with Crippen LogP contribution in [0.1, 0.15) is 39.0 Å². The maximum atomic E-state index is 11.7. The van der Waals surface area contributed by atoms with Gasteiger partial charge in [-0.2, -0.15) is 0 Å². The first kappa shape index (κ1) is 17.6. The molecule has 6 rings (SSSR count). The van der Waals surface area contributed by atoms with Crippen LogP contribution in [0.3, 0.4) is 0 Å². The summed E-state index contributed by atoms with van der Waals surface area (Å²) >= 11 is 0. The Morgan fingerprint density at radius 3 is 2.62 bits per heavy atom. The molecule has 26 heavy (non-hydrogen) atoms. The van der Waals surface area contributed by atoms with Gasteiger partial charge in [-0.3, -0.25) is 0 Å². The Bertz CT molecular complexity index is 667. The molecule has 6 heteroatoms. The molecule has 0 unspecified atom stereocenters. The predicted molar refractivity (Wildman–Crippen MR) is 91.7 cm³/mol. The predicted octanol–water partition coefficient (Wildman–Crippen LogP) is 0.169. The molecule has 0 aromatic rings. The van der Waals surface area contributed by atoms with Crippen LogP contribution in [-0.2, 0) is 4.74 Å². The minimum atomic E-state index is -1.93. The molecule has 6 aliphatic rings. The fourth-order valence-corrected chi connectivity index (χ4v) is 8.23. The van der Waals surface area contributed by atoms with Crippen LogP contribution in [-0.4, -0.2) is 62.8 Å². The third kappa shape index (κ3) is 1.55. The van der Waals surface area contributed by atoms with Crippen LogP contribution in [0.2, 0.25) is 0 Å². The first-order valence-corrected chi connectivity index (χ1v) is 9.88. The molecule has 0 amide bonds. The van der Waals surface area contributed by atoms with E-state index in [1.807, 2.05) is 6.92 Å². The summed E-state index contributed by atoms with van der Waals surface area (Å²) < 4.78 is 5.94. The van der Waals surface area contributed by atoms with Gasteiger partial charge in [0.25, 0.3) is 0 Å². The van der Waals surface area contributed by atoms with Gasteiger partial charge in [0, 0.05) is 23.9 Å². The Balaban J connectivity index is 1.76. The molecule has 10 atom stereocenters. The standard InChI is InChI=1S/C20H30O6/c1-10-11-6-12(22)13-18-5-3-4-17(2,8-21)14(18)16(24)20(25,26-9-18)19(13,7-11)15(10)23/h11-16,21-25H,1,3-9H2,2H3/t11-,12+,13+,14-,15-,16+,17+,18-,19+,20+/m1/s1. The summed E-state index contributed by atoms with van der Waals surface area (Å²) in [4.78, 5) is 0. The van der Waals surface area contributed by atoms with Crippen LogP contribution in [0.15, 0.2) is 12.2 Å². The lowest BCUT2D eigenvalue weighted by Gasteiger charge is -2.75. The fraction of sp³-hybridized carbons (Fsp3) is 0.900. The zero-order valence-electron chi connectivity index (χ0n) is 15.3. The molecular formula is C20H30O6. The lowest BCUT2D eigenvalue weighted by molar-refractivity contribution is -0.465. The van der Waals surface area contributed by atoms with Crippen molar-refractivity contribution >= 4 is 0 Å². The van der Waals surface area contributed by atoms with E-state index < -0.39 is 40.3 Å². The van der Waals surface area contributed by atoms with Crippen molar-refractivity contribution in [3.63, 3.8) is 0 Å². The molecule has 5 N–H and O–H groups in total. The largest absolute Gasteiger partial charge is 0.396 e. The maximum Gasteiger partial charge on any atom is 0.201 e. The van der Waals surface area contributed by atoms with Crippen molar-refractivity contribution in [1.29, 1.82) is 0 Å². The number of fused-ring (bicyclic) bond motifs is 2. The third-order valence-corrected chi connectivity index (χ3v) is 9.10. The molecule has 0 radical (unpaired) electrons. The van der Waals surface area contributed by atoms with E-state index >= 15 is 0 Å². The van der Waals surface area contributed by atoms with Gasteiger partial charge < -0.3 is 30.3 Å². The van der Waals surface area contributed by atoms with Crippen molar-refractivity contribution in [2.75, 3.05) is 13.2 Å². The molecule has 0 aromatic heterocycles. The Morgan fingerprint density at radius 2 is 1.92 bits per heavy atom. The summed E-state index contributed by atoms with van der Waals surface area (Å²) in [5.41, 5.74) is -1.60. The van der Waals surface area contributed by atoms with Crippen LogP contribution in [0, 0.1) is 34.0 Å². The van der Waals surface area contributed by atoms with Gasteiger partial charge in [0.1, 0.15) is 6.10 Å². The summed E-state index contributed by atoms with van der Waals surface area (Å²) in [5.74, 6) is -2.76. The molecule has 146 valence electrons. The molecule has 6 fully saturated rings. The number of rotatable bonds is 1. The zero-order chi connectivity index (χ0) is 18.7. The minimum absolute atomic E-state index is 0.0712. The smallest absolute Gasteiger partial charge is 0.201 e. The van der Waals surface area contributed by atoms with Gasteiger partial charge in [0.2, 0.25) is 5.79 Å². The molecule has 2 spiro atoms. The monoisotopic (exact) mass is 366 g/mol. The van der Waals surface area contributed by atoms with Crippen LogP contribution in [0.5, 0.6) is 0 Å². The van der Waals surface area contributed by atoms with Gasteiger partial charge in [-0.15, -0.1) is 0 Å². The van der Waals surface area contributed by atoms with E-state index in [2.05, 4.69) is 6.58 Å². The SMILES string of the molecule is C=C1[C@@H]2C[C@H](O)[C@H]3[C@]45CCC[C@@](C)(CO)[C@H]4[C@H](O)[C@](O)(OC5)[C@]3(C2)[C@@H]1O. The van der Waals surface area contributed by atoms with E-state index in [0.717, 1.165) is 19.3 Å². The Kier molecular flexibility index (Phi) is 3.32. The fourth-order valence-electron chi connectivity index (χ4n) is 8.23. The van der Waals surface area contributed by atoms with Gasteiger partial charge in [0.05, 0.1) is 24.2 Å². The van der Waals surface area contributed by atoms with Gasteiger partial charge in [-0.1, -0.05) is 19.9 Å². The number of aliphatic hydroxyl groups excluding tert-OH is 4. The number of hydrogen-bond donors (Lipinski definition) is 5. The summed E-state index contributed by atoms with van der Waals surface area (Å²) in [6.07, 6.45) is 0.484. The Labute approximate surface area is 153 Å². The second kappa shape index (κ2) is 4.91. The van der Waals surface area contributed by atoms with Crippen molar-refractivity contribution in [2.45, 2.75) is 63.1 Å². The second-order valence-electron chi connectivity index (χ2n) is 10.0. The van der Waals surface area contributed by atoms with Crippen LogP contribution < -0.4 is 0 Å². The van der Waals surface area contributed by atoms with Crippen molar-refractivity contribution in [2.24, 2.45) is 34.0 Å². The number of hydrogen-bond acceptors (Lipinski definition) is 6. The minimum Gasteiger partial charge on any atom is -0.396 e. The van der Waals surface area contributed by atoms with Crippen molar-refractivity contribution in [1.82, 2.24) is 0 Å². The summed E-state index contributed by atoms with van der Waals surface area (Å²) in [6.45, 7) is 6.15. The molecular weight excluding hydrogens is 336 g/mol. The molecule has 0 aromatic carbocycles. The van der Waals surface area contributed by atoms with Gasteiger partial charge >= 0.3 is 0 Å². The molecule has 4 aliphatic carbocycles. The van der Waals surface area contributed by atoms with E-state index in [-0.39, 0.29) is 31.0 Å². The molecule has 6 nitrogen and oxygen atoms in total. The van der Waals surface area contributed by atoms with Crippen molar-refractivity contribution in [3.05, 3.63) is 12.2 Å². The van der Waals surface area contributed by atoms with E-state index in [1.54, 1.807) is 0 Å². The first-order valence-electron chi connectivity index (χ1n) is 9.88. The van der Waals surface area contributed by atoms with Crippen molar-refractivity contribution < 1.29 is 30.3 Å². The highest BCUT2D eigenvalue weighted by atomic mass is 16.6. The molecule has 2 heterocycles. The quantitative estimate of drug-likeness (QED) is 0.423. The van der Waals surface area contributed by atoms with Gasteiger partial charge in [-0.25, -0.2) is 0 Å². The molecule has 4 saturated carbocycles. The highest BCUT2D eigenvalue weighted by molar-refractivity contribution is 5.35. The Hall–Kier alpha value is -0.500. The average Bonchev–Trinajstić information content (AvgIpc) is 2.80. The summed E-state index contributed by atoms with van der Waals surface area (Å²) in [7, 11) is 0. The number of ether oxygens (including phenoxy) is 1.